The van der Waals surface area contributed by atoms with Crippen molar-refractivity contribution >= 4 is 23.4 Å². The number of anilines is 3. The number of piperazine rings is 1. The minimum atomic E-state index is -0.231. The summed E-state index contributed by atoms with van der Waals surface area (Å²) < 4.78 is 5.10. The summed E-state index contributed by atoms with van der Waals surface area (Å²) in [5.41, 5.74) is 2.59. The van der Waals surface area contributed by atoms with E-state index in [0.717, 1.165) is 43.5 Å². The number of ether oxygens (including phenoxy) is 1. The van der Waals surface area contributed by atoms with Crippen LogP contribution in [0.2, 0.25) is 0 Å². The molecule has 1 aromatic carbocycles. The van der Waals surface area contributed by atoms with Crippen LogP contribution in [0.4, 0.5) is 22.1 Å². The summed E-state index contributed by atoms with van der Waals surface area (Å²) >= 11 is 0. The molecule has 0 radical (unpaired) electrons. The van der Waals surface area contributed by atoms with Gasteiger partial charge in [-0.2, -0.15) is 0 Å². The van der Waals surface area contributed by atoms with Crippen molar-refractivity contribution in [3.05, 3.63) is 41.7 Å². The van der Waals surface area contributed by atoms with E-state index in [9.17, 15) is 4.79 Å². The summed E-state index contributed by atoms with van der Waals surface area (Å²) in [6, 6.07) is 10.5. The van der Waals surface area contributed by atoms with Crippen molar-refractivity contribution in [1.29, 1.82) is 0 Å². The van der Waals surface area contributed by atoms with Crippen LogP contribution in [-0.4, -0.2) is 60.3 Å². The molecule has 2 aliphatic heterocycles. The van der Waals surface area contributed by atoms with Gasteiger partial charge in [-0.25, -0.2) is 14.8 Å². The molecule has 0 N–H and O–H groups in total. The standard InChI is InChI=1S/C20H25N5O2/c1-3-27-20(26)24-12-10-23(11-13-24)18-14-19(22-15(2)21-18)25-9-8-16-6-4-5-7-17(16)25/h4-7,14H,3,8-13H2,1-2H3. The summed E-state index contributed by atoms with van der Waals surface area (Å²) in [6.07, 6.45) is 0.803. The minimum absolute atomic E-state index is 0.231. The molecule has 0 unspecified atom stereocenters. The molecule has 0 atom stereocenters. The molecular weight excluding hydrogens is 342 g/mol. The van der Waals surface area contributed by atoms with Gasteiger partial charge in [-0.15, -0.1) is 0 Å². The van der Waals surface area contributed by atoms with Crippen LogP contribution in [0.5, 0.6) is 0 Å². The highest BCUT2D eigenvalue weighted by Gasteiger charge is 2.25. The van der Waals surface area contributed by atoms with Crippen LogP contribution in [0.3, 0.4) is 0 Å². The van der Waals surface area contributed by atoms with Gasteiger partial charge in [0.1, 0.15) is 17.5 Å². The third kappa shape index (κ3) is 3.54. The van der Waals surface area contributed by atoms with Gasteiger partial charge in [0.15, 0.2) is 0 Å². The SMILES string of the molecule is CCOC(=O)N1CCN(c2cc(N3CCc4ccccc43)nc(C)n2)CC1. The number of carbonyl (C=O) groups is 1. The Morgan fingerprint density at radius 2 is 1.81 bits per heavy atom. The highest BCUT2D eigenvalue weighted by atomic mass is 16.6. The number of para-hydroxylation sites is 1. The fourth-order valence-corrected chi connectivity index (χ4v) is 3.75. The number of hydrogen-bond donors (Lipinski definition) is 0. The van der Waals surface area contributed by atoms with Crippen LogP contribution >= 0.6 is 0 Å². The maximum absolute atomic E-state index is 11.9. The zero-order chi connectivity index (χ0) is 18.8. The van der Waals surface area contributed by atoms with Crippen LogP contribution in [0, 0.1) is 6.92 Å². The van der Waals surface area contributed by atoms with E-state index in [1.807, 2.05) is 13.8 Å². The van der Waals surface area contributed by atoms with Gasteiger partial charge >= 0.3 is 6.09 Å². The Labute approximate surface area is 159 Å². The maximum Gasteiger partial charge on any atom is 0.409 e. The molecule has 2 aliphatic rings. The highest BCUT2D eigenvalue weighted by Crippen LogP contribution is 2.34. The normalized spacial score (nSPS) is 16.4. The van der Waals surface area contributed by atoms with Crippen molar-refractivity contribution in [1.82, 2.24) is 14.9 Å². The minimum Gasteiger partial charge on any atom is -0.450 e. The molecule has 0 spiro atoms. The van der Waals surface area contributed by atoms with Crippen LogP contribution < -0.4 is 9.80 Å². The van der Waals surface area contributed by atoms with Gasteiger partial charge in [-0.05, 0) is 31.9 Å². The second kappa shape index (κ2) is 7.42. The third-order valence-corrected chi connectivity index (χ3v) is 5.10. The number of amides is 1. The molecule has 1 amide bonds. The maximum atomic E-state index is 11.9. The lowest BCUT2D eigenvalue weighted by Gasteiger charge is -2.35. The molecular formula is C20H25N5O2. The number of rotatable bonds is 3. The molecule has 142 valence electrons. The molecule has 4 rings (SSSR count). The number of aromatic nitrogens is 2. The second-order valence-electron chi connectivity index (χ2n) is 6.83. The molecule has 7 heteroatoms. The number of nitrogens with zero attached hydrogens (tertiary/aromatic N) is 5. The fourth-order valence-electron chi connectivity index (χ4n) is 3.75. The van der Waals surface area contributed by atoms with Crippen LogP contribution in [0.25, 0.3) is 0 Å². The van der Waals surface area contributed by atoms with Gasteiger partial charge < -0.3 is 19.4 Å². The Kier molecular flexibility index (Phi) is 4.83. The molecule has 3 heterocycles. The van der Waals surface area contributed by atoms with Crippen LogP contribution in [0.15, 0.2) is 30.3 Å². The molecule has 2 aromatic rings. The Balaban J connectivity index is 1.52. The van der Waals surface area contributed by atoms with Crippen molar-refractivity contribution in [3.63, 3.8) is 0 Å². The van der Waals surface area contributed by atoms with Crippen molar-refractivity contribution in [2.24, 2.45) is 0 Å². The molecule has 1 aromatic heterocycles. The average molecular weight is 367 g/mol. The summed E-state index contributed by atoms with van der Waals surface area (Å²) in [7, 11) is 0. The number of carbonyl (C=O) groups excluding carboxylic acids is 1. The lowest BCUT2D eigenvalue weighted by atomic mass is 10.2. The Hall–Kier alpha value is -2.83. The summed E-state index contributed by atoms with van der Waals surface area (Å²) in [5, 5.41) is 0. The van der Waals surface area contributed by atoms with Crippen molar-refractivity contribution in [2.45, 2.75) is 20.3 Å². The fraction of sp³-hybridized carbons (Fsp3) is 0.450. The third-order valence-electron chi connectivity index (χ3n) is 5.10. The lowest BCUT2D eigenvalue weighted by Crippen LogP contribution is -2.49. The molecule has 27 heavy (non-hydrogen) atoms. The average Bonchev–Trinajstić information content (AvgIpc) is 3.12. The lowest BCUT2D eigenvalue weighted by molar-refractivity contribution is 0.105. The number of aryl methyl sites for hydroxylation is 1. The predicted molar refractivity (Wildman–Crippen MR) is 105 cm³/mol. The molecule has 1 fully saturated rings. The van der Waals surface area contributed by atoms with Gasteiger partial charge in [-0.1, -0.05) is 18.2 Å². The number of hydrogen-bond acceptors (Lipinski definition) is 6. The van der Waals surface area contributed by atoms with Gasteiger partial charge in [-0.3, -0.25) is 0 Å². The smallest absolute Gasteiger partial charge is 0.409 e. The molecule has 1 saturated heterocycles. The van der Waals surface area contributed by atoms with Crippen molar-refractivity contribution < 1.29 is 9.53 Å². The first-order valence-electron chi connectivity index (χ1n) is 9.53. The first-order chi connectivity index (χ1) is 13.2. The Morgan fingerprint density at radius 3 is 2.59 bits per heavy atom. The van der Waals surface area contributed by atoms with Crippen molar-refractivity contribution in [3.8, 4) is 0 Å². The van der Waals surface area contributed by atoms with E-state index in [0.29, 0.717) is 19.7 Å². The first-order valence-corrected chi connectivity index (χ1v) is 9.53. The van der Waals surface area contributed by atoms with E-state index in [1.165, 1.54) is 11.3 Å². The van der Waals surface area contributed by atoms with E-state index < -0.39 is 0 Å². The summed E-state index contributed by atoms with van der Waals surface area (Å²) in [6.45, 7) is 7.88. The Bertz CT molecular complexity index is 833. The number of fused-ring (bicyclic) bond motifs is 1. The van der Waals surface area contributed by atoms with Gasteiger partial charge in [0.05, 0.1) is 6.61 Å². The zero-order valence-electron chi connectivity index (χ0n) is 15.9. The largest absolute Gasteiger partial charge is 0.450 e. The van der Waals surface area contributed by atoms with E-state index in [-0.39, 0.29) is 6.09 Å². The molecule has 0 aliphatic carbocycles. The number of benzene rings is 1. The van der Waals surface area contributed by atoms with E-state index >= 15 is 0 Å². The summed E-state index contributed by atoms with van der Waals surface area (Å²) in [4.78, 5) is 27.5. The van der Waals surface area contributed by atoms with Crippen LogP contribution in [0.1, 0.15) is 18.3 Å². The predicted octanol–water partition coefficient (Wildman–Crippen LogP) is 2.76. The van der Waals surface area contributed by atoms with E-state index in [4.69, 9.17) is 4.74 Å². The first kappa shape index (κ1) is 17.6. The van der Waals surface area contributed by atoms with Gasteiger partial charge in [0.2, 0.25) is 0 Å². The molecule has 0 bridgehead atoms. The monoisotopic (exact) mass is 367 g/mol. The quantitative estimate of drug-likeness (QED) is 0.831. The van der Waals surface area contributed by atoms with Gasteiger partial charge in [0.25, 0.3) is 0 Å². The van der Waals surface area contributed by atoms with E-state index in [2.05, 4.69) is 50.1 Å². The van der Waals surface area contributed by atoms with Crippen molar-refractivity contribution in [2.75, 3.05) is 49.1 Å². The second-order valence-corrected chi connectivity index (χ2v) is 6.83. The molecule has 7 nitrogen and oxygen atoms in total. The zero-order valence-corrected chi connectivity index (χ0v) is 15.9. The van der Waals surface area contributed by atoms with Gasteiger partial charge in [0, 0.05) is 44.5 Å². The molecule has 0 saturated carbocycles. The Morgan fingerprint density at radius 1 is 1.07 bits per heavy atom. The topological polar surface area (TPSA) is 61.8 Å². The highest BCUT2D eigenvalue weighted by molar-refractivity contribution is 5.70. The van der Waals surface area contributed by atoms with Crippen LogP contribution in [-0.2, 0) is 11.2 Å². The summed E-state index contributed by atoms with van der Waals surface area (Å²) in [5.74, 6) is 2.63. The van der Waals surface area contributed by atoms with E-state index in [1.54, 1.807) is 4.90 Å².